The lowest BCUT2D eigenvalue weighted by Crippen LogP contribution is -2.36. The predicted octanol–water partition coefficient (Wildman–Crippen LogP) is 3.19. The van der Waals surface area contributed by atoms with Crippen LogP contribution in [0.1, 0.15) is 58.8 Å². The Bertz CT molecular complexity index is 2620. The normalized spacial score (nSPS) is 14.0. The van der Waals surface area contributed by atoms with E-state index in [4.69, 9.17) is 40.5 Å². The standard InChI is InChI=1S/C21H23ClFNO5.C14H17N5O7S2.C3H8NO5P.C3H9S/c1-2-3-6-9-28-19(25)12-29-18-11-17(16(23)10-15(18)22)24-20(26)13-7-4-5-8-14(13)21(24)27;1-4-27(21,22)9-6-5-7-15-12(9)28(23,24)19-14(20)18-13-16-10(25-2)8-11(17-13)26-3;5-3(6)1-4-2-10(7,8)9;1-4(2)3/h10-11H,2-9,12H2,1H3;5-8H,4H2,1-3H3,(H2,16,17,18,19,20);4H,1-2H2,(H,5,6)(H2,7,8,9);1-3H3/q;;;+1/p-1. The fraction of sp³-hybridized carbons (Fsp3) is 0.463. The molecule has 0 saturated carbocycles. The summed E-state index contributed by atoms with van der Waals surface area (Å²) in [6, 6.07) is 4.62. The summed E-state index contributed by atoms with van der Waals surface area (Å²) >= 11 is 6.02. The van der Waals surface area contributed by atoms with Crippen molar-refractivity contribution in [3.05, 3.63) is 58.5 Å². The number of methoxy groups -OCH3 is 2. The lowest BCUT2D eigenvalue weighted by Gasteiger charge is -2.18. The number of amides is 4. The second-order valence-electron chi connectivity index (χ2n) is 14.9. The van der Waals surface area contributed by atoms with Crippen LogP contribution in [0.5, 0.6) is 17.5 Å². The third kappa shape index (κ3) is 20.6. The molecule has 1 aliphatic heterocycles. The van der Waals surface area contributed by atoms with Gasteiger partial charge < -0.3 is 38.4 Å². The number of imide groups is 1. The van der Waals surface area contributed by atoms with Gasteiger partial charge in [-0.3, -0.25) is 25.0 Å². The SMILES string of the molecule is CCCCCOC(=O)COc1cc(N2C(=O)C3=C(CCCC3)C2=O)c(F)cc1Cl.CCS(=O)(=O)c1cccnc1S(=O)(=O)NC(=O)Nc1nc(OC)cc(OC)n1.C[S+](C)C.O=C(O)CNCP(=O)([O-])O. The van der Waals surface area contributed by atoms with E-state index in [-0.39, 0.29) is 39.9 Å². The predicted molar refractivity (Wildman–Crippen MR) is 257 cm³/mol. The van der Waals surface area contributed by atoms with Crippen molar-refractivity contribution in [3.63, 3.8) is 0 Å². The smallest absolute Gasteiger partial charge is 0.344 e. The molecule has 71 heavy (non-hydrogen) atoms. The van der Waals surface area contributed by atoms with Gasteiger partial charge in [-0.1, -0.05) is 38.3 Å². The Kier molecular flexibility index (Phi) is 25.3. The van der Waals surface area contributed by atoms with Gasteiger partial charge in [0.15, 0.2) is 21.5 Å². The van der Waals surface area contributed by atoms with Crippen molar-refractivity contribution in [1.82, 2.24) is 25.0 Å². The average Bonchev–Trinajstić information content (AvgIpc) is 3.55. The van der Waals surface area contributed by atoms with Crippen LogP contribution < -0.4 is 39.4 Å². The number of carboxylic acids is 1. The first kappa shape index (κ1) is 61.6. The Morgan fingerprint density at radius 1 is 0.972 bits per heavy atom. The number of rotatable bonds is 19. The molecule has 1 aromatic carbocycles. The molecule has 0 fully saturated rings. The number of benzene rings is 1. The highest BCUT2D eigenvalue weighted by Gasteiger charge is 2.41. The summed E-state index contributed by atoms with van der Waals surface area (Å²) in [5, 5.41) is 11.2. The number of unbranched alkanes of at least 4 members (excludes halogenated alkanes) is 2. The number of carbonyl (C=O) groups excluding carboxylic acids is 4. The van der Waals surface area contributed by atoms with Crippen LogP contribution in [0.3, 0.4) is 0 Å². The number of carbonyl (C=O) groups is 5. The first-order chi connectivity index (χ1) is 33.2. The van der Waals surface area contributed by atoms with Crippen LogP contribution >= 0.6 is 19.2 Å². The van der Waals surface area contributed by atoms with E-state index in [1.54, 1.807) is 4.72 Å². The van der Waals surface area contributed by atoms with E-state index < -0.39 is 92.4 Å². The lowest BCUT2D eigenvalue weighted by atomic mass is 9.93. The number of halogens is 2. The Balaban J connectivity index is 0.000000385. The van der Waals surface area contributed by atoms with Gasteiger partial charge in [0.2, 0.25) is 17.7 Å². The van der Waals surface area contributed by atoms with E-state index in [0.29, 0.717) is 41.5 Å². The molecule has 0 radical (unpaired) electrons. The van der Waals surface area contributed by atoms with Crippen molar-refractivity contribution in [2.45, 2.75) is 68.7 Å². The van der Waals surface area contributed by atoms with Crippen LogP contribution in [0.4, 0.5) is 20.8 Å². The number of urea groups is 1. The molecule has 30 heteroatoms. The van der Waals surface area contributed by atoms with Crippen LogP contribution in [-0.4, -0.2) is 136 Å². The summed E-state index contributed by atoms with van der Waals surface area (Å²) in [6.45, 7) is 2.81. The average molecular weight is 1100 g/mol. The molecule has 394 valence electrons. The van der Waals surface area contributed by atoms with Crippen LogP contribution in [0.2, 0.25) is 5.02 Å². The monoisotopic (exact) mass is 1100 g/mol. The number of nitrogens with zero attached hydrogens (tertiary/aromatic N) is 4. The maximum atomic E-state index is 14.5. The number of hydrogen-bond donors (Lipinski definition) is 5. The van der Waals surface area contributed by atoms with E-state index >= 15 is 0 Å². The maximum absolute atomic E-state index is 14.5. The molecular weight excluding hydrogens is 1040 g/mol. The summed E-state index contributed by atoms with van der Waals surface area (Å²) in [4.78, 5) is 88.5. The maximum Gasteiger partial charge on any atom is 0.344 e. The molecule has 1 atom stereocenters. The van der Waals surface area contributed by atoms with E-state index in [1.807, 2.05) is 12.2 Å². The van der Waals surface area contributed by atoms with Crippen molar-refractivity contribution >= 4 is 91.4 Å². The zero-order valence-electron chi connectivity index (χ0n) is 39.7. The first-order valence-corrected chi connectivity index (χ1v) is 28.8. The largest absolute Gasteiger partial charge is 0.778 e. The molecule has 4 amide bonds. The van der Waals surface area contributed by atoms with E-state index in [1.165, 1.54) is 39.3 Å². The van der Waals surface area contributed by atoms with E-state index in [2.05, 4.69) is 39.0 Å². The molecule has 0 spiro atoms. The minimum absolute atomic E-state index is 0.000883. The number of pyridine rings is 1. The molecule has 0 bridgehead atoms. The minimum atomic E-state index is -4.61. The topological polar surface area (TPSA) is 349 Å². The number of hydrogen-bond acceptors (Lipinski definition) is 19. The van der Waals surface area contributed by atoms with Crippen molar-refractivity contribution in [1.29, 1.82) is 0 Å². The zero-order chi connectivity index (χ0) is 53.7. The van der Waals surface area contributed by atoms with Gasteiger partial charge in [0.05, 0.1) is 75.0 Å². The van der Waals surface area contributed by atoms with Gasteiger partial charge in [-0.25, -0.2) is 37.0 Å². The summed E-state index contributed by atoms with van der Waals surface area (Å²) in [5.41, 5.74) is 0.674. The van der Waals surface area contributed by atoms with E-state index in [0.717, 1.165) is 55.3 Å². The Labute approximate surface area is 417 Å². The molecular formula is C41H56ClFN7O17PS3. The van der Waals surface area contributed by atoms with Crippen molar-refractivity contribution in [2.75, 3.05) is 75.0 Å². The third-order valence-electron chi connectivity index (χ3n) is 8.83. The molecule has 0 saturated heterocycles. The van der Waals surface area contributed by atoms with Crippen molar-refractivity contribution in [3.8, 4) is 17.5 Å². The molecule has 3 heterocycles. The van der Waals surface area contributed by atoms with Crippen LogP contribution in [0.15, 0.2) is 57.6 Å². The van der Waals surface area contributed by atoms with Crippen LogP contribution in [-0.2, 0) is 59.2 Å². The van der Waals surface area contributed by atoms with Gasteiger partial charge >= 0.3 is 18.0 Å². The number of sulfone groups is 1. The minimum Gasteiger partial charge on any atom is -0.778 e. The summed E-state index contributed by atoms with van der Waals surface area (Å²) in [6.07, 6.45) is 12.4. The molecule has 1 aliphatic carbocycles. The van der Waals surface area contributed by atoms with Gasteiger partial charge in [-0.05, 0) is 61.2 Å². The van der Waals surface area contributed by atoms with Gasteiger partial charge in [0.25, 0.3) is 21.8 Å². The number of ether oxygens (including phenoxy) is 4. The molecule has 5 rings (SSSR count). The number of carboxylic acid groups (broad SMARTS) is 1. The first-order valence-electron chi connectivity index (χ1n) is 21.0. The molecule has 24 nitrogen and oxygen atoms in total. The van der Waals surface area contributed by atoms with E-state index in [9.17, 15) is 54.7 Å². The second kappa shape index (κ2) is 29.1. The van der Waals surface area contributed by atoms with Crippen LogP contribution in [0, 0.1) is 5.82 Å². The second-order valence-corrected chi connectivity index (χ2v) is 23.2. The number of sulfonamides is 1. The highest BCUT2D eigenvalue weighted by atomic mass is 35.5. The molecule has 2 aromatic heterocycles. The summed E-state index contributed by atoms with van der Waals surface area (Å²) < 4.78 is 95.6. The van der Waals surface area contributed by atoms with Gasteiger partial charge in [0, 0.05) is 23.4 Å². The fourth-order valence-electron chi connectivity index (χ4n) is 5.72. The van der Waals surface area contributed by atoms with Crippen LogP contribution in [0.25, 0.3) is 0 Å². The van der Waals surface area contributed by atoms with Gasteiger partial charge in [-0.15, -0.1) is 0 Å². The highest BCUT2D eigenvalue weighted by Crippen LogP contribution is 2.39. The highest BCUT2D eigenvalue weighted by molar-refractivity contribution is 7.94. The van der Waals surface area contributed by atoms with Gasteiger partial charge in [0.1, 0.15) is 24.1 Å². The lowest BCUT2D eigenvalue weighted by molar-refractivity contribution is -0.193. The fourth-order valence-corrected chi connectivity index (χ4v) is 8.86. The Hall–Kier alpha value is -5.48. The molecule has 1 unspecified atom stereocenters. The molecule has 5 N–H and O–H groups in total. The summed E-state index contributed by atoms with van der Waals surface area (Å²) in [7, 11) is -9.56. The molecule has 2 aliphatic rings. The number of nitrogens with one attached hydrogen (secondary N) is 3. The Morgan fingerprint density at radius 2 is 1.55 bits per heavy atom. The van der Waals surface area contributed by atoms with Crippen molar-refractivity contribution < 1.29 is 83.6 Å². The Morgan fingerprint density at radius 3 is 2.06 bits per heavy atom. The quantitative estimate of drug-likeness (QED) is 0.0378. The van der Waals surface area contributed by atoms with Crippen molar-refractivity contribution in [2.24, 2.45) is 0 Å². The zero-order valence-corrected chi connectivity index (χ0v) is 43.8. The van der Waals surface area contributed by atoms with Gasteiger partial charge in [-0.2, -0.15) is 18.4 Å². The summed E-state index contributed by atoms with van der Waals surface area (Å²) in [5.74, 6) is -4.10. The number of esters is 1. The number of anilines is 2. The number of aromatic nitrogens is 3. The number of aliphatic carboxylic acids is 1. The third-order valence-corrected chi connectivity index (χ3v) is 12.9. The molecule has 3 aromatic rings.